The lowest BCUT2D eigenvalue weighted by Crippen LogP contribution is -2.18. The third-order valence-corrected chi connectivity index (χ3v) is 4.97. The number of ether oxygens (including phenoxy) is 3. The van der Waals surface area contributed by atoms with E-state index in [1.807, 2.05) is 6.92 Å². The van der Waals surface area contributed by atoms with Crippen LogP contribution in [0.3, 0.4) is 0 Å². The van der Waals surface area contributed by atoms with Gasteiger partial charge < -0.3 is 14.2 Å². The molecule has 0 amide bonds. The normalized spacial score (nSPS) is 10.9. The maximum Gasteiger partial charge on any atom is 0.349 e. The van der Waals surface area contributed by atoms with Gasteiger partial charge >= 0.3 is 5.97 Å². The van der Waals surface area contributed by atoms with Gasteiger partial charge in [-0.15, -0.1) is 0 Å². The van der Waals surface area contributed by atoms with E-state index in [0.29, 0.717) is 32.7 Å². The van der Waals surface area contributed by atoms with Crippen molar-refractivity contribution in [1.29, 1.82) is 5.26 Å². The Bertz CT molecular complexity index is 1200. The van der Waals surface area contributed by atoms with Crippen molar-refractivity contribution >= 4 is 40.8 Å². The van der Waals surface area contributed by atoms with Crippen LogP contribution < -0.4 is 14.2 Å². The number of esters is 1. The van der Waals surface area contributed by atoms with Crippen molar-refractivity contribution in [3.05, 3.63) is 87.4 Å². The van der Waals surface area contributed by atoms with Gasteiger partial charge in [0.05, 0.1) is 18.8 Å². The summed E-state index contributed by atoms with van der Waals surface area (Å²) in [5, 5.41) is 10.7. The van der Waals surface area contributed by atoms with Gasteiger partial charge in [0, 0.05) is 10.0 Å². The van der Waals surface area contributed by atoms with Crippen LogP contribution in [0, 0.1) is 18.3 Å². The van der Waals surface area contributed by atoms with Gasteiger partial charge in [-0.2, -0.15) is 5.26 Å². The van der Waals surface area contributed by atoms with Gasteiger partial charge in [0.15, 0.2) is 18.1 Å². The molecule has 0 saturated heterocycles. The SMILES string of the molecule is COc1cc(/C=C(\C#N)c2ccc(Cl)cc2)ccc1OC(=O)COc1ccc(Cl)cc1C. The number of allylic oxidation sites excluding steroid dienone is 1. The Hall–Kier alpha value is -3.46. The molecule has 0 aliphatic rings. The summed E-state index contributed by atoms with van der Waals surface area (Å²) in [6, 6.07) is 19.3. The minimum absolute atomic E-state index is 0.246. The molecule has 0 bridgehead atoms. The van der Waals surface area contributed by atoms with E-state index in [2.05, 4.69) is 6.07 Å². The number of aryl methyl sites for hydroxylation is 1. The first-order valence-electron chi connectivity index (χ1n) is 9.55. The maximum absolute atomic E-state index is 12.3. The number of benzene rings is 3. The number of methoxy groups -OCH3 is 1. The van der Waals surface area contributed by atoms with Crippen LogP contribution in [-0.2, 0) is 4.79 Å². The van der Waals surface area contributed by atoms with E-state index in [9.17, 15) is 10.1 Å². The summed E-state index contributed by atoms with van der Waals surface area (Å²) in [5.74, 6) is 0.559. The van der Waals surface area contributed by atoms with Crippen LogP contribution in [0.2, 0.25) is 10.0 Å². The highest BCUT2D eigenvalue weighted by Gasteiger charge is 2.13. The third kappa shape index (κ3) is 6.04. The van der Waals surface area contributed by atoms with Gasteiger partial charge in [0.1, 0.15) is 5.75 Å². The molecule has 0 heterocycles. The quantitative estimate of drug-likeness (QED) is 0.175. The standard InChI is InChI=1S/C25H19Cl2NO4/c1-16-11-21(27)8-10-22(16)31-15-25(29)32-23-9-3-17(13-24(23)30-2)12-19(14-28)18-4-6-20(26)7-5-18/h3-13H,15H2,1-2H3/b19-12+. The lowest BCUT2D eigenvalue weighted by atomic mass is 10.0. The van der Waals surface area contributed by atoms with Crippen molar-refractivity contribution in [1.82, 2.24) is 0 Å². The fourth-order valence-electron chi connectivity index (χ4n) is 2.90. The summed E-state index contributed by atoms with van der Waals surface area (Å²) in [5.41, 5.74) is 2.72. The van der Waals surface area contributed by atoms with Crippen LogP contribution in [0.5, 0.6) is 17.2 Å². The highest BCUT2D eigenvalue weighted by molar-refractivity contribution is 6.30. The molecule has 0 saturated carbocycles. The Labute approximate surface area is 196 Å². The largest absolute Gasteiger partial charge is 0.493 e. The van der Waals surface area contributed by atoms with Crippen LogP contribution in [0.25, 0.3) is 11.6 Å². The summed E-state index contributed by atoms with van der Waals surface area (Å²) >= 11 is 11.8. The minimum Gasteiger partial charge on any atom is -0.493 e. The zero-order valence-corrected chi connectivity index (χ0v) is 18.9. The number of hydrogen-bond acceptors (Lipinski definition) is 5. The van der Waals surface area contributed by atoms with E-state index < -0.39 is 5.97 Å². The van der Waals surface area contributed by atoms with Crippen molar-refractivity contribution in [2.75, 3.05) is 13.7 Å². The van der Waals surface area contributed by atoms with Crippen LogP contribution in [0.1, 0.15) is 16.7 Å². The Kier molecular flexibility index (Phi) is 7.77. The van der Waals surface area contributed by atoms with Gasteiger partial charge in [-0.25, -0.2) is 4.79 Å². The average molecular weight is 468 g/mol. The molecule has 0 aliphatic heterocycles. The van der Waals surface area contributed by atoms with E-state index in [1.54, 1.807) is 66.7 Å². The molecule has 0 fully saturated rings. The molecule has 7 heteroatoms. The second-order valence-electron chi connectivity index (χ2n) is 6.76. The van der Waals surface area contributed by atoms with Crippen molar-refractivity contribution in [3.8, 4) is 23.3 Å². The Balaban J connectivity index is 1.72. The monoisotopic (exact) mass is 467 g/mol. The molecule has 0 unspecified atom stereocenters. The number of nitrogens with zero attached hydrogens (tertiary/aromatic N) is 1. The molecule has 5 nitrogen and oxygen atoms in total. The summed E-state index contributed by atoms with van der Waals surface area (Å²) in [4.78, 5) is 12.3. The predicted octanol–water partition coefficient (Wildman–Crippen LogP) is 6.36. The lowest BCUT2D eigenvalue weighted by molar-refractivity contribution is -0.136. The van der Waals surface area contributed by atoms with Gasteiger partial charge in [0.2, 0.25) is 0 Å². The summed E-state index contributed by atoms with van der Waals surface area (Å²) in [7, 11) is 1.47. The number of nitriles is 1. The zero-order chi connectivity index (χ0) is 23.1. The van der Waals surface area contributed by atoms with Gasteiger partial charge in [-0.05, 0) is 72.2 Å². The number of rotatable bonds is 7. The first-order chi connectivity index (χ1) is 15.4. The summed E-state index contributed by atoms with van der Waals surface area (Å²) < 4.78 is 16.3. The Morgan fingerprint density at radius 3 is 2.31 bits per heavy atom. The molecular weight excluding hydrogens is 449 g/mol. The number of hydrogen-bond donors (Lipinski definition) is 0. The molecule has 0 atom stereocenters. The van der Waals surface area contributed by atoms with Crippen molar-refractivity contribution in [2.45, 2.75) is 6.92 Å². The molecule has 162 valence electrons. The van der Waals surface area contributed by atoms with Crippen LogP contribution in [-0.4, -0.2) is 19.7 Å². The van der Waals surface area contributed by atoms with Crippen molar-refractivity contribution in [3.63, 3.8) is 0 Å². The molecule has 3 aromatic carbocycles. The molecule has 0 aromatic heterocycles. The smallest absolute Gasteiger partial charge is 0.349 e. The van der Waals surface area contributed by atoms with E-state index >= 15 is 0 Å². The zero-order valence-electron chi connectivity index (χ0n) is 17.4. The van der Waals surface area contributed by atoms with E-state index in [0.717, 1.165) is 11.1 Å². The van der Waals surface area contributed by atoms with Crippen LogP contribution in [0.4, 0.5) is 0 Å². The number of carbonyl (C=O) groups excluding carboxylic acids is 1. The maximum atomic E-state index is 12.3. The van der Waals surface area contributed by atoms with Crippen molar-refractivity contribution < 1.29 is 19.0 Å². The first kappa shape index (κ1) is 23.2. The molecule has 0 spiro atoms. The van der Waals surface area contributed by atoms with Crippen LogP contribution in [0.15, 0.2) is 60.7 Å². The lowest BCUT2D eigenvalue weighted by Gasteiger charge is -2.12. The fraction of sp³-hybridized carbons (Fsp3) is 0.120. The van der Waals surface area contributed by atoms with E-state index in [4.69, 9.17) is 37.4 Å². The topological polar surface area (TPSA) is 68.5 Å². The van der Waals surface area contributed by atoms with Crippen LogP contribution >= 0.6 is 23.2 Å². The predicted molar refractivity (Wildman–Crippen MR) is 125 cm³/mol. The minimum atomic E-state index is -0.583. The Morgan fingerprint density at radius 2 is 1.66 bits per heavy atom. The van der Waals surface area contributed by atoms with Gasteiger partial charge in [-0.3, -0.25) is 0 Å². The number of halogens is 2. The third-order valence-electron chi connectivity index (χ3n) is 4.48. The van der Waals surface area contributed by atoms with Gasteiger partial charge in [0.25, 0.3) is 0 Å². The number of carbonyl (C=O) groups is 1. The van der Waals surface area contributed by atoms with Gasteiger partial charge in [-0.1, -0.05) is 41.4 Å². The molecular formula is C25H19Cl2NO4. The first-order valence-corrected chi connectivity index (χ1v) is 10.3. The summed E-state index contributed by atoms with van der Waals surface area (Å²) in [6.07, 6.45) is 1.71. The Morgan fingerprint density at radius 1 is 0.969 bits per heavy atom. The van der Waals surface area contributed by atoms with E-state index in [-0.39, 0.29) is 12.4 Å². The molecule has 32 heavy (non-hydrogen) atoms. The highest BCUT2D eigenvalue weighted by atomic mass is 35.5. The second kappa shape index (κ2) is 10.7. The molecule has 3 aromatic rings. The molecule has 0 N–H and O–H groups in total. The summed E-state index contributed by atoms with van der Waals surface area (Å²) in [6.45, 7) is 1.56. The van der Waals surface area contributed by atoms with E-state index in [1.165, 1.54) is 7.11 Å². The fourth-order valence-corrected chi connectivity index (χ4v) is 3.25. The molecule has 0 aliphatic carbocycles. The van der Waals surface area contributed by atoms with Crippen molar-refractivity contribution in [2.24, 2.45) is 0 Å². The highest BCUT2D eigenvalue weighted by Crippen LogP contribution is 2.30. The second-order valence-corrected chi connectivity index (χ2v) is 7.63. The average Bonchev–Trinajstić information content (AvgIpc) is 2.78. The molecule has 0 radical (unpaired) electrons. The molecule has 3 rings (SSSR count).